The van der Waals surface area contributed by atoms with Crippen molar-refractivity contribution in [1.29, 1.82) is 0 Å². The third-order valence-corrected chi connectivity index (χ3v) is 2.97. The van der Waals surface area contributed by atoms with E-state index in [9.17, 15) is 4.79 Å². The Labute approximate surface area is 107 Å². The highest BCUT2D eigenvalue weighted by molar-refractivity contribution is 5.28. The van der Waals surface area contributed by atoms with Crippen molar-refractivity contribution in [2.75, 3.05) is 0 Å². The third kappa shape index (κ3) is 3.06. The van der Waals surface area contributed by atoms with Crippen LogP contribution in [-0.4, -0.2) is 9.97 Å². The number of hydrogen-bond acceptors (Lipinski definition) is 2. The van der Waals surface area contributed by atoms with Crippen molar-refractivity contribution in [3.63, 3.8) is 0 Å². The Morgan fingerprint density at radius 2 is 2.06 bits per heavy atom. The molecule has 0 fully saturated rings. The summed E-state index contributed by atoms with van der Waals surface area (Å²) in [7, 11) is 0. The molecule has 1 heterocycles. The van der Waals surface area contributed by atoms with E-state index in [-0.39, 0.29) is 5.56 Å². The first-order valence-electron chi connectivity index (χ1n) is 6.32. The lowest BCUT2D eigenvalue weighted by atomic mass is 10.1. The number of benzene rings is 1. The molecule has 0 saturated carbocycles. The van der Waals surface area contributed by atoms with E-state index < -0.39 is 0 Å². The van der Waals surface area contributed by atoms with Gasteiger partial charge in [0.05, 0.1) is 0 Å². The first-order chi connectivity index (χ1) is 8.69. The third-order valence-electron chi connectivity index (χ3n) is 2.97. The summed E-state index contributed by atoms with van der Waals surface area (Å²) in [4.78, 5) is 18.9. The number of rotatable bonds is 4. The smallest absolute Gasteiger partial charge is 0.251 e. The van der Waals surface area contributed by atoms with Gasteiger partial charge in [0, 0.05) is 18.2 Å². The first kappa shape index (κ1) is 12.6. The zero-order valence-corrected chi connectivity index (χ0v) is 10.9. The number of hydrogen-bond donors (Lipinski definition) is 1. The molecule has 0 amide bonds. The van der Waals surface area contributed by atoms with Gasteiger partial charge in [0.2, 0.25) is 0 Å². The van der Waals surface area contributed by atoms with Crippen molar-refractivity contribution in [2.24, 2.45) is 0 Å². The van der Waals surface area contributed by atoms with Crippen molar-refractivity contribution < 1.29 is 0 Å². The Morgan fingerprint density at radius 3 is 2.78 bits per heavy atom. The summed E-state index contributed by atoms with van der Waals surface area (Å²) in [5, 5.41) is 0. The molecular formula is C15H18N2O. The molecule has 0 aliphatic heterocycles. The van der Waals surface area contributed by atoms with Crippen molar-refractivity contribution in [3.05, 3.63) is 63.3 Å². The van der Waals surface area contributed by atoms with E-state index in [4.69, 9.17) is 0 Å². The number of aromatic amines is 1. The Hall–Kier alpha value is -1.90. The summed E-state index contributed by atoms with van der Waals surface area (Å²) >= 11 is 0. The number of aryl methyl sites for hydroxylation is 2. The van der Waals surface area contributed by atoms with Crippen LogP contribution in [0.15, 0.2) is 35.1 Å². The molecule has 1 aromatic carbocycles. The quantitative estimate of drug-likeness (QED) is 0.895. The maximum Gasteiger partial charge on any atom is 0.251 e. The molecule has 3 heteroatoms. The lowest BCUT2D eigenvalue weighted by molar-refractivity contribution is 0.831. The normalized spacial score (nSPS) is 10.6. The number of nitrogens with zero attached hydrogens (tertiary/aromatic N) is 1. The molecular weight excluding hydrogens is 224 g/mol. The predicted octanol–water partition coefficient (Wildman–Crippen LogP) is 2.62. The van der Waals surface area contributed by atoms with E-state index in [0.29, 0.717) is 6.42 Å². The lowest BCUT2D eigenvalue weighted by Gasteiger charge is -2.06. The molecule has 1 aromatic heterocycles. The van der Waals surface area contributed by atoms with Gasteiger partial charge in [0.1, 0.15) is 5.82 Å². The second-order valence-corrected chi connectivity index (χ2v) is 4.54. The maximum atomic E-state index is 11.6. The molecule has 0 aliphatic rings. The molecule has 0 radical (unpaired) electrons. The fraction of sp³-hybridized carbons (Fsp3) is 0.333. The van der Waals surface area contributed by atoms with Crippen LogP contribution >= 0.6 is 0 Å². The van der Waals surface area contributed by atoms with E-state index in [2.05, 4.69) is 35.9 Å². The lowest BCUT2D eigenvalue weighted by Crippen LogP contribution is -2.13. The highest BCUT2D eigenvalue weighted by Crippen LogP contribution is 2.10. The van der Waals surface area contributed by atoms with Gasteiger partial charge in [-0.25, -0.2) is 4.98 Å². The van der Waals surface area contributed by atoms with Crippen molar-refractivity contribution in [3.8, 4) is 0 Å². The van der Waals surface area contributed by atoms with Gasteiger partial charge < -0.3 is 4.98 Å². The van der Waals surface area contributed by atoms with Crippen LogP contribution in [0.5, 0.6) is 0 Å². The highest BCUT2D eigenvalue weighted by atomic mass is 16.1. The molecule has 0 spiro atoms. The topological polar surface area (TPSA) is 45.8 Å². The minimum atomic E-state index is -0.0583. The molecule has 0 bridgehead atoms. The van der Waals surface area contributed by atoms with Crippen molar-refractivity contribution in [2.45, 2.75) is 33.1 Å². The van der Waals surface area contributed by atoms with Crippen LogP contribution < -0.4 is 5.56 Å². The molecule has 0 unspecified atom stereocenters. The zero-order chi connectivity index (χ0) is 13.0. The van der Waals surface area contributed by atoms with Gasteiger partial charge in [-0.3, -0.25) is 4.79 Å². The minimum absolute atomic E-state index is 0.0583. The van der Waals surface area contributed by atoms with E-state index in [1.165, 1.54) is 11.1 Å². The summed E-state index contributed by atoms with van der Waals surface area (Å²) in [6, 6.07) is 9.76. The van der Waals surface area contributed by atoms with Crippen LogP contribution in [0.2, 0.25) is 0 Å². The van der Waals surface area contributed by atoms with Gasteiger partial charge in [0.25, 0.3) is 5.56 Å². The molecule has 1 N–H and O–H groups in total. The van der Waals surface area contributed by atoms with Crippen LogP contribution in [0.4, 0.5) is 0 Å². The highest BCUT2D eigenvalue weighted by Gasteiger charge is 2.04. The Morgan fingerprint density at radius 1 is 1.28 bits per heavy atom. The Kier molecular flexibility index (Phi) is 3.92. The van der Waals surface area contributed by atoms with E-state index >= 15 is 0 Å². The molecule has 2 rings (SSSR count). The molecule has 2 aromatic rings. The van der Waals surface area contributed by atoms with Gasteiger partial charge in [-0.15, -0.1) is 0 Å². The molecule has 0 saturated heterocycles. The van der Waals surface area contributed by atoms with Gasteiger partial charge in [-0.1, -0.05) is 37.6 Å². The van der Waals surface area contributed by atoms with Gasteiger partial charge in [-0.2, -0.15) is 0 Å². The van der Waals surface area contributed by atoms with Gasteiger partial charge in [0.15, 0.2) is 0 Å². The minimum Gasteiger partial charge on any atom is -0.310 e. The van der Waals surface area contributed by atoms with Crippen LogP contribution in [0, 0.1) is 6.92 Å². The van der Waals surface area contributed by atoms with Crippen molar-refractivity contribution >= 4 is 0 Å². The van der Waals surface area contributed by atoms with E-state index in [1.807, 2.05) is 12.1 Å². The fourth-order valence-electron chi connectivity index (χ4n) is 2.02. The molecule has 3 nitrogen and oxygen atoms in total. The maximum absolute atomic E-state index is 11.6. The van der Waals surface area contributed by atoms with Crippen LogP contribution in [0.25, 0.3) is 0 Å². The summed E-state index contributed by atoms with van der Waals surface area (Å²) in [5.74, 6) is 0.750. The molecule has 94 valence electrons. The zero-order valence-electron chi connectivity index (χ0n) is 10.9. The number of H-pyrrole nitrogens is 1. The first-order valence-corrected chi connectivity index (χ1v) is 6.32. The molecule has 18 heavy (non-hydrogen) atoms. The number of aromatic nitrogens is 2. The molecule has 0 aliphatic carbocycles. The van der Waals surface area contributed by atoms with Gasteiger partial charge in [-0.05, 0) is 24.5 Å². The fourth-order valence-corrected chi connectivity index (χ4v) is 2.02. The second-order valence-electron chi connectivity index (χ2n) is 4.54. The largest absolute Gasteiger partial charge is 0.310 e. The van der Waals surface area contributed by atoms with E-state index in [0.717, 1.165) is 24.4 Å². The van der Waals surface area contributed by atoms with E-state index in [1.54, 1.807) is 6.07 Å². The second kappa shape index (κ2) is 5.63. The average Bonchev–Trinajstić information content (AvgIpc) is 2.32. The predicted molar refractivity (Wildman–Crippen MR) is 72.8 cm³/mol. The molecule has 0 atom stereocenters. The van der Waals surface area contributed by atoms with Crippen molar-refractivity contribution in [1.82, 2.24) is 9.97 Å². The summed E-state index contributed by atoms with van der Waals surface area (Å²) in [5.41, 5.74) is 3.25. The van der Waals surface area contributed by atoms with Crippen LogP contribution in [-0.2, 0) is 12.8 Å². The average molecular weight is 242 g/mol. The Bertz CT molecular complexity index is 587. The Balaban J connectivity index is 2.29. The monoisotopic (exact) mass is 242 g/mol. The SMILES string of the molecule is CCCc1cc(=O)[nH]c(Cc2ccccc2C)n1. The summed E-state index contributed by atoms with van der Waals surface area (Å²) in [6.07, 6.45) is 2.53. The van der Waals surface area contributed by atoms with Crippen LogP contribution in [0.3, 0.4) is 0 Å². The number of nitrogens with one attached hydrogen (secondary N) is 1. The van der Waals surface area contributed by atoms with Crippen LogP contribution in [0.1, 0.15) is 36.0 Å². The van der Waals surface area contributed by atoms with Gasteiger partial charge >= 0.3 is 0 Å². The summed E-state index contributed by atoms with van der Waals surface area (Å²) in [6.45, 7) is 4.16. The summed E-state index contributed by atoms with van der Waals surface area (Å²) < 4.78 is 0. The standard InChI is InChI=1S/C15H18N2O/c1-3-6-13-10-15(18)17-14(16-13)9-12-8-5-4-7-11(12)2/h4-5,7-8,10H,3,6,9H2,1-2H3,(H,16,17,18).